The van der Waals surface area contributed by atoms with Crippen molar-refractivity contribution >= 4 is 11.6 Å². The fraction of sp³-hybridized carbons (Fsp3) is 0.118. The van der Waals surface area contributed by atoms with Gasteiger partial charge in [0, 0.05) is 12.7 Å². The zero-order chi connectivity index (χ0) is 16.2. The molecule has 23 heavy (non-hydrogen) atoms. The first kappa shape index (κ1) is 14.8. The molecule has 3 aromatic rings. The fourth-order valence-electron chi connectivity index (χ4n) is 2.33. The Kier molecular flexibility index (Phi) is 4.05. The first-order valence-electron chi connectivity index (χ1n) is 7.19. The molecule has 0 saturated carbocycles. The largest absolute Gasteiger partial charge is 0.493 e. The van der Waals surface area contributed by atoms with Crippen molar-refractivity contribution in [1.82, 2.24) is 14.7 Å². The van der Waals surface area contributed by atoms with Gasteiger partial charge >= 0.3 is 0 Å². The van der Waals surface area contributed by atoms with Crippen LogP contribution in [0.25, 0.3) is 5.65 Å². The highest BCUT2D eigenvalue weighted by atomic mass is 16.3. The smallest absolute Gasteiger partial charge is 0.274 e. The van der Waals surface area contributed by atoms with E-state index in [1.165, 1.54) is 10.6 Å². The maximum Gasteiger partial charge on any atom is 0.274 e. The van der Waals surface area contributed by atoms with Crippen LogP contribution in [-0.2, 0) is 6.42 Å². The number of aromatic nitrogens is 2. The third-order valence-electron chi connectivity index (χ3n) is 3.48. The van der Waals surface area contributed by atoms with Crippen LogP contribution in [0.3, 0.4) is 0 Å². The SMILES string of the molecule is O=C(NCCc1ccccc1)c1c(O)nc2ccccn2c1=O. The minimum absolute atomic E-state index is 0.288. The topological polar surface area (TPSA) is 83.7 Å². The van der Waals surface area contributed by atoms with Crippen molar-refractivity contribution in [1.29, 1.82) is 0 Å². The van der Waals surface area contributed by atoms with Gasteiger partial charge < -0.3 is 10.4 Å². The summed E-state index contributed by atoms with van der Waals surface area (Å²) in [6.45, 7) is 0.360. The number of carbonyl (C=O) groups excluding carboxylic acids is 1. The van der Waals surface area contributed by atoms with Crippen molar-refractivity contribution < 1.29 is 9.90 Å². The zero-order valence-electron chi connectivity index (χ0n) is 12.3. The van der Waals surface area contributed by atoms with Gasteiger partial charge in [-0.05, 0) is 24.1 Å². The molecule has 0 spiro atoms. The molecule has 0 aliphatic heterocycles. The van der Waals surface area contributed by atoms with Crippen molar-refractivity contribution in [2.24, 2.45) is 0 Å². The zero-order valence-corrected chi connectivity index (χ0v) is 12.3. The van der Waals surface area contributed by atoms with Gasteiger partial charge in [0.05, 0.1) is 0 Å². The number of pyridine rings is 1. The Hall–Kier alpha value is -3.15. The number of nitrogens with zero attached hydrogens (tertiary/aromatic N) is 2. The third-order valence-corrected chi connectivity index (χ3v) is 3.48. The number of fused-ring (bicyclic) bond motifs is 1. The summed E-state index contributed by atoms with van der Waals surface area (Å²) in [5.41, 5.74) is 0.424. The van der Waals surface area contributed by atoms with E-state index in [9.17, 15) is 14.7 Å². The van der Waals surface area contributed by atoms with Crippen LogP contribution in [0.5, 0.6) is 5.88 Å². The second-order valence-electron chi connectivity index (χ2n) is 5.04. The van der Waals surface area contributed by atoms with E-state index in [0.29, 0.717) is 13.0 Å². The van der Waals surface area contributed by atoms with Crippen LogP contribution in [0.1, 0.15) is 15.9 Å². The molecule has 1 aromatic carbocycles. The number of amides is 1. The Balaban J connectivity index is 1.80. The molecule has 2 aromatic heterocycles. The average Bonchev–Trinajstić information content (AvgIpc) is 2.56. The molecule has 6 heteroatoms. The van der Waals surface area contributed by atoms with Crippen LogP contribution in [0.4, 0.5) is 0 Å². The van der Waals surface area contributed by atoms with Crippen LogP contribution in [-0.4, -0.2) is 26.9 Å². The Morgan fingerprint density at radius 1 is 1.13 bits per heavy atom. The predicted molar refractivity (Wildman–Crippen MR) is 85.6 cm³/mol. The van der Waals surface area contributed by atoms with Gasteiger partial charge in [0.2, 0.25) is 5.88 Å². The van der Waals surface area contributed by atoms with Crippen LogP contribution < -0.4 is 10.9 Å². The highest BCUT2D eigenvalue weighted by molar-refractivity contribution is 5.96. The molecular formula is C17H15N3O3. The summed E-state index contributed by atoms with van der Waals surface area (Å²) < 4.78 is 1.23. The van der Waals surface area contributed by atoms with Crippen LogP contribution in [0.15, 0.2) is 59.5 Å². The normalized spacial score (nSPS) is 10.6. The Labute approximate surface area is 132 Å². The first-order valence-corrected chi connectivity index (χ1v) is 7.19. The number of hydrogen-bond acceptors (Lipinski definition) is 4. The summed E-state index contributed by atoms with van der Waals surface area (Å²) in [4.78, 5) is 28.4. The van der Waals surface area contributed by atoms with E-state index in [1.54, 1.807) is 18.2 Å². The van der Waals surface area contributed by atoms with Gasteiger partial charge in [0.15, 0.2) is 5.56 Å². The molecule has 0 unspecified atom stereocenters. The van der Waals surface area contributed by atoms with E-state index in [1.807, 2.05) is 30.3 Å². The van der Waals surface area contributed by atoms with Gasteiger partial charge in [0.1, 0.15) is 5.65 Å². The monoisotopic (exact) mass is 309 g/mol. The second-order valence-corrected chi connectivity index (χ2v) is 5.04. The van der Waals surface area contributed by atoms with E-state index in [4.69, 9.17) is 0 Å². The quantitative estimate of drug-likeness (QED) is 0.762. The Bertz CT molecular complexity index is 904. The molecule has 0 saturated heterocycles. The van der Waals surface area contributed by atoms with Crippen LogP contribution in [0.2, 0.25) is 0 Å². The minimum atomic E-state index is -0.630. The van der Waals surface area contributed by atoms with Crippen molar-refractivity contribution in [3.8, 4) is 5.88 Å². The summed E-state index contributed by atoms with van der Waals surface area (Å²) in [5.74, 6) is -1.19. The van der Waals surface area contributed by atoms with E-state index in [0.717, 1.165) is 5.56 Å². The summed E-state index contributed by atoms with van der Waals surface area (Å²) >= 11 is 0. The number of benzene rings is 1. The molecule has 3 rings (SSSR count). The molecule has 0 aliphatic rings. The lowest BCUT2D eigenvalue weighted by Crippen LogP contribution is -2.33. The summed E-state index contributed by atoms with van der Waals surface area (Å²) in [7, 11) is 0. The lowest BCUT2D eigenvalue weighted by atomic mass is 10.1. The maximum atomic E-state index is 12.3. The standard InChI is InChI=1S/C17H15N3O3/c21-15(18-10-9-12-6-2-1-3-7-12)14-16(22)19-13-8-4-5-11-20(13)17(14)23/h1-8,11,22H,9-10H2,(H,18,21). The summed E-state index contributed by atoms with van der Waals surface area (Å²) in [6.07, 6.45) is 2.14. The lowest BCUT2D eigenvalue weighted by Gasteiger charge is -2.08. The number of carbonyl (C=O) groups is 1. The van der Waals surface area contributed by atoms with Gasteiger partial charge in [-0.2, -0.15) is 4.98 Å². The molecule has 0 bridgehead atoms. The van der Waals surface area contributed by atoms with Crippen LogP contribution in [0, 0.1) is 0 Å². The van der Waals surface area contributed by atoms with E-state index in [-0.39, 0.29) is 11.2 Å². The van der Waals surface area contributed by atoms with Crippen molar-refractivity contribution in [2.75, 3.05) is 6.54 Å². The lowest BCUT2D eigenvalue weighted by molar-refractivity contribution is 0.0949. The third kappa shape index (κ3) is 3.06. The second kappa shape index (κ2) is 6.31. The van der Waals surface area contributed by atoms with E-state index < -0.39 is 17.3 Å². The number of aromatic hydroxyl groups is 1. The van der Waals surface area contributed by atoms with Gasteiger partial charge in [0.25, 0.3) is 11.5 Å². The molecule has 116 valence electrons. The fourth-order valence-corrected chi connectivity index (χ4v) is 2.33. The Morgan fingerprint density at radius 3 is 2.65 bits per heavy atom. The van der Waals surface area contributed by atoms with Gasteiger partial charge in [-0.25, -0.2) is 0 Å². The minimum Gasteiger partial charge on any atom is -0.493 e. The molecule has 2 heterocycles. The summed E-state index contributed by atoms with van der Waals surface area (Å²) in [5, 5.41) is 12.5. The van der Waals surface area contributed by atoms with Crippen molar-refractivity contribution in [3.63, 3.8) is 0 Å². The first-order chi connectivity index (χ1) is 11.2. The van der Waals surface area contributed by atoms with Crippen LogP contribution >= 0.6 is 0 Å². The number of nitrogens with one attached hydrogen (secondary N) is 1. The molecule has 0 radical (unpaired) electrons. The maximum absolute atomic E-state index is 12.3. The molecule has 6 nitrogen and oxygen atoms in total. The Morgan fingerprint density at radius 2 is 1.87 bits per heavy atom. The van der Waals surface area contributed by atoms with E-state index in [2.05, 4.69) is 10.3 Å². The van der Waals surface area contributed by atoms with Crippen molar-refractivity contribution in [2.45, 2.75) is 6.42 Å². The van der Waals surface area contributed by atoms with Crippen molar-refractivity contribution in [3.05, 3.63) is 76.2 Å². The summed E-state index contributed by atoms with van der Waals surface area (Å²) in [6, 6.07) is 14.6. The molecule has 0 atom stereocenters. The van der Waals surface area contributed by atoms with Gasteiger partial charge in [-0.15, -0.1) is 0 Å². The molecular weight excluding hydrogens is 294 g/mol. The molecule has 1 amide bonds. The molecule has 0 fully saturated rings. The van der Waals surface area contributed by atoms with Gasteiger partial charge in [-0.1, -0.05) is 36.4 Å². The van der Waals surface area contributed by atoms with E-state index >= 15 is 0 Å². The number of rotatable bonds is 4. The molecule has 2 N–H and O–H groups in total. The highest BCUT2D eigenvalue weighted by Crippen LogP contribution is 2.10. The average molecular weight is 309 g/mol. The van der Waals surface area contributed by atoms with Gasteiger partial charge in [-0.3, -0.25) is 14.0 Å². The predicted octanol–water partition coefficient (Wildman–Crippen LogP) is 1.37. The number of hydrogen-bond donors (Lipinski definition) is 2. The highest BCUT2D eigenvalue weighted by Gasteiger charge is 2.19. The molecule has 0 aliphatic carbocycles.